The molecule has 2 aliphatic rings. The van der Waals surface area contributed by atoms with Crippen LogP contribution >= 0.6 is 24.0 Å². The Kier molecular flexibility index (Phi) is 9.87. The number of primary amides is 1. The zero-order valence-electron chi connectivity index (χ0n) is 17.8. The molecule has 0 spiro atoms. The maximum atomic E-state index is 12.6. The van der Waals surface area contributed by atoms with Gasteiger partial charge in [-0.2, -0.15) is 0 Å². The molecule has 8 heteroatoms. The van der Waals surface area contributed by atoms with Crippen LogP contribution in [0.4, 0.5) is 0 Å². The van der Waals surface area contributed by atoms with E-state index in [1.54, 1.807) is 7.05 Å². The summed E-state index contributed by atoms with van der Waals surface area (Å²) in [4.78, 5) is 32.4. The number of rotatable bonds is 5. The van der Waals surface area contributed by atoms with Gasteiger partial charge in [-0.05, 0) is 55.7 Å². The van der Waals surface area contributed by atoms with E-state index in [0.717, 1.165) is 68.9 Å². The summed E-state index contributed by atoms with van der Waals surface area (Å²) in [7, 11) is 1.78. The molecule has 2 fully saturated rings. The average molecular weight is 527 g/mol. The number of halogens is 1. The normalized spacial score (nSPS) is 19.8. The van der Waals surface area contributed by atoms with Crippen LogP contribution in [-0.4, -0.2) is 60.8 Å². The summed E-state index contributed by atoms with van der Waals surface area (Å²) < 4.78 is 0. The van der Waals surface area contributed by atoms with Crippen LogP contribution in [0.25, 0.3) is 0 Å². The van der Waals surface area contributed by atoms with Crippen molar-refractivity contribution in [1.82, 2.24) is 15.1 Å². The Hall–Kier alpha value is -1.84. The highest BCUT2D eigenvalue weighted by molar-refractivity contribution is 14.0. The summed E-state index contributed by atoms with van der Waals surface area (Å²) in [6, 6.07) is 7.84. The number of nitrogens with two attached hydrogens (primary N) is 1. The number of hydrogen-bond acceptors (Lipinski definition) is 3. The highest BCUT2D eigenvalue weighted by Crippen LogP contribution is 2.19. The topological polar surface area (TPSA) is 91.0 Å². The van der Waals surface area contributed by atoms with Gasteiger partial charge in [0, 0.05) is 51.8 Å². The number of nitrogens with one attached hydrogen (secondary N) is 1. The van der Waals surface area contributed by atoms with Gasteiger partial charge in [0.25, 0.3) is 5.91 Å². The number of aliphatic imine (C=N–C) groups is 1. The fraction of sp³-hybridized carbons (Fsp3) is 0.591. The van der Waals surface area contributed by atoms with Crippen LogP contribution in [-0.2, 0) is 11.3 Å². The van der Waals surface area contributed by atoms with Gasteiger partial charge in [0.1, 0.15) is 0 Å². The number of carbonyl (C=O) groups is 2. The SMILES string of the molecule is CN=C(NCc1ccc(C(=O)N2CCCCC2)cc1)N1CCCC(CC(N)=O)C1.I. The zero-order valence-corrected chi connectivity index (χ0v) is 20.1. The predicted octanol–water partition coefficient (Wildman–Crippen LogP) is 2.59. The molecule has 166 valence electrons. The summed E-state index contributed by atoms with van der Waals surface area (Å²) in [6.07, 6.45) is 5.91. The molecule has 0 aliphatic carbocycles. The van der Waals surface area contributed by atoms with Crippen LogP contribution in [0.15, 0.2) is 29.3 Å². The summed E-state index contributed by atoms with van der Waals surface area (Å²) >= 11 is 0. The minimum atomic E-state index is -0.237. The number of likely N-dealkylation sites (tertiary alicyclic amines) is 2. The molecule has 0 aromatic heterocycles. The molecule has 0 saturated carbocycles. The van der Waals surface area contributed by atoms with Gasteiger partial charge in [-0.1, -0.05) is 12.1 Å². The lowest BCUT2D eigenvalue weighted by Gasteiger charge is -2.34. The second-order valence-electron chi connectivity index (χ2n) is 8.08. The summed E-state index contributed by atoms with van der Waals surface area (Å²) in [5, 5.41) is 3.41. The largest absolute Gasteiger partial charge is 0.370 e. The van der Waals surface area contributed by atoms with Crippen molar-refractivity contribution >= 4 is 41.8 Å². The van der Waals surface area contributed by atoms with Crippen LogP contribution < -0.4 is 11.1 Å². The minimum absolute atomic E-state index is 0. The van der Waals surface area contributed by atoms with Crippen LogP contribution in [0.3, 0.4) is 0 Å². The molecule has 3 N–H and O–H groups in total. The number of nitrogens with zero attached hydrogens (tertiary/aromatic N) is 3. The molecule has 3 rings (SSSR count). The third-order valence-electron chi connectivity index (χ3n) is 5.81. The minimum Gasteiger partial charge on any atom is -0.370 e. The van der Waals surface area contributed by atoms with Crippen LogP contribution in [0.2, 0.25) is 0 Å². The van der Waals surface area contributed by atoms with Crippen molar-refractivity contribution in [3.05, 3.63) is 35.4 Å². The Morgan fingerprint density at radius 2 is 1.73 bits per heavy atom. The summed E-state index contributed by atoms with van der Waals surface area (Å²) in [6.45, 7) is 4.10. The van der Waals surface area contributed by atoms with Crippen molar-refractivity contribution < 1.29 is 9.59 Å². The van der Waals surface area contributed by atoms with Gasteiger partial charge in [0.15, 0.2) is 5.96 Å². The molecule has 1 aromatic carbocycles. The molecular weight excluding hydrogens is 493 g/mol. The van der Waals surface area contributed by atoms with E-state index in [1.165, 1.54) is 6.42 Å². The van der Waals surface area contributed by atoms with E-state index in [1.807, 2.05) is 29.2 Å². The van der Waals surface area contributed by atoms with Crippen molar-refractivity contribution in [3.8, 4) is 0 Å². The van der Waals surface area contributed by atoms with Crippen molar-refractivity contribution in [3.63, 3.8) is 0 Å². The van der Waals surface area contributed by atoms with Crippen molar-refractivity contribution in [2.45, 2.75) is 45.1 Å². The van der Waals surface area contributed by atoms with Gasteiger partial charge >= 0.3 is 0 Å². The maximum Gasteiger partial charge on any atom is 0.253 e. The van der Waals surface area contributed by atoms with Crippen molar-refractivity contribution in [2.24, 2.45) is 16.6 Å². The number of benzene rings is 1. The third-order valence-corrected chi connectivity index (χ3v) is 5.81. The molecule has 0 radical (unpaired) electrons. The average Bonchev–Trinajstić information content (AvgIpc) is 2.74. The Morgan fingerprint density at radius 1 is 1.07 bits per heavy atom. The molecule has 7 nitrogen and oxygen atoms in total. The lowest BCUT2D eigenvalue weighted by molar-refractivity contribution is -0.119. The van der Waals surface area contributed by atoms with E-state index >= 15 is 0 Å². The summed E-state index contributed by atoms with van der Waals surface area (Å²) in [5.74, 6) is 1.03. The Balaban J connectivity index is 0.00000320. The first-order chi connectivity index (χ1) is 14.1. The molecule has 1 unspecified atom stereocenters. The van der Waals surface area contributed by atoms with Gasteiger partial charge in [0.2, 0.25) is 5.91 Å². The molecule has 2 heterocycles. The standard InChI is InChI=1S/C22H33N5O2.HI/c1-24-22(27-13-5-6-18(16-27)14-20(23)28)25-15-17-7-9-19(10-8-17)21(29)26-11-3-2-4-12-26;/h7-10,18H,2-6,11-16H2,1H3,(H2,23,28)(H,24,25);1H. The number of amides is 2. The Labute approximate surface area is 196 Å². The number of carbonyl (C=O) groups excluding carboxylic acids is 2. The van der Waals surface area contributed by atoms with Crippen LogP contribution in [0, 0.1) is 5.92 Å². The number of guanidine groups is 1. The van der Waals surface area contributed by atoms with Gasteiger partial charge < -0.3 is 20.9 Å². The third kappa shape index (κ3) is 6.85. The van der Waals surface area contributed by atoms with Gasteiger partial charge in [0.05, 0.1) is 0 Å². The monoisotopic (exact) mass is 527 g/mol. The molecular formula is C22H34IN5O2. The molecule has 1 aromatic rings. The first-order valence-electron chi connectivity index (χ1n) is 10.7. The van der Waals surface area contributed by atoms with Crippen molar-refractivity contribution in [2.75, 3.05) is 33.2 Å². The maximum absolute atomic E-state index is 12.6. The van der Waals surface area contributed by atoms with Crippen molar-refractivity contribution in [1.29, 1.82) is 0 Å². The van der Waals surface area contributed by atoms with E-state index in [2.05, 4.69) is 15.2 Å². The molecule has 1 atom stereocenters. The van der Waals surface area contributed by atoms with E-state index in [4.69, 9.17) is 5.73 Å². The first kappa shape index (κ1) is 24.4. The van der Waals surface area contributed by atoms with E-state index in [0.29, 0.717) is 18.9 Å². The first-order valence-corrected chi connectivity index (χ1v) is 10.7. The molecule has 30 heavy (non-hydrogen) atoms. The molecule has 2 aliphatic heterocycles. The van der Waals surface area contributed by atoms with E-state index in [-0.39, 0.29) is 35.8 Å². The summed E-state index contributed by atoms with van der Waals surface area (Å²) in [5.41, 5.74) is 7.22. The quantitative estimate of drug-likeness (QED) is 0.350. The Morgan fingerprint density at radius 3 is 2.37 bits per heavy atom. The second kappa shape index (κ2) is 12.1. The van der Waals surface area contributed by atoms with Crippen LogP contribution in [0.5, 0.6) is 0 Å². The fourth-order valence-electron chi connectivity index (χ4n) is 4.27. The molecule has 2 saturated heterocycles. The zero-order chi connectivity index (χ0) is 20.6. The fourth-order valence-corrected chi connectivity index (χ4v) is 4.27. The lowest BCUT2D eigenvalue weighted by Crippen LogP contribution is -2.46. The highest BCUT2D eigenvalue weighted by Gasteiger charge is 2.23. The molecule has 2 amide bonds. The number of piperidine rings is 2. The predicted molar refractivity (Wildman–Crippen MR) is 130 cm³/mol. The van der Waals surface area contributed by atoms with Gasteiger partial charge in [-0.3, -0.25) is 14.6 Å². The van der Waals surface area contributed by atoms with Gasteiger partial charge in [-0.15, -0.1) is 24.0 Å². The second-order valence-corrected chi connectivity index (χ2v) is 8.08. The highest BCUT2D eigenvalue weighted by atomic mass is 127. The molecule has 0 bridgehead atoms. The van der Waals surface area contributed by atoms with Gasteiger partial charge in [-0.25, -0.2) is 0 Å². The lowest BCUT2D eigenvalue weighted by atomic mass is 9.95. The van der Waals surface area contributed by atoms with Crippen LogP contribution in [0.1, 0.15) is 54.4 Å². The Bertz CT molecular complexity index is 732. The number of hydrogen-bond donors (Lipinski definition) is 2. The van der Waals surface area contributed by atoms with E-state index < -0.39 is 0 Å². The van der Waals surface area contributed by atoms with E-state index in [9.17, 15) is 9.59 Å². The smallest absolute Gasteiger partial charge is 0.253 e.